The molecule has 1 aromatic rings. The van der Waals surface area contributed by atoms with Crippen molar-refractivity contribution in [3.05, 3.63) is 35.4 Å². The molecule has 1 aliphatic carbocycles. The van der Waals surface area contributed by atoms with Crippen molar-refractivity contribution < 1.29 is 13.2 Å². The molecule has 0 aliphatic heterocycles. The Hall–Kier alpha value is -1.03. The Balaban J connectivity index is 2.08. The van der Waals surface area contributed by atoms with Gasteiger partial charge in [0.1, 0.15) is 0 Å². The molecule has 1 fully saturated rings. The van der Waals surface area contributed by atoms with Crippen LogP contribution in [0.2, 0.25) is 0 Å². The minimum atomic E-state index is -4.26. The molecule has 0 bridgehead atoms. The summed E-state index contributed by atoms with van der Waals surface area (Å²) in [6, 6.07) is 5.97. The van der Waals surface area contributed by atoms with Gasteiger partial charge in [-0.25, -0.2) is 0 Å². The maximum absolute atomic E-state index is 12.7. The van der Waals surface area contributed by atoms with Gasteiger partial charge in [0.2, 0.25) is 0 Å². The van der Waals surface area contributed by atoms with E-state index in [1.807, 2.05) is 7.05 Å². The van der Waals surface area contributed by atoms with Crippen LogP contribution in [-0.4, -0.2) is 13.1 Å². The summed E-state index contributed by atoms with van der Waals surface area (Å²) in [4.78, 5) is 0. The first-order valence-corrected chi connectivity index (χ1v) is 7.23. The molecule has 1 aromatic carbocycles. The normalized spacial score (nSPS) is 24.9. The van der Waals surface area contributed by atoms with Gasteiger partial charge in [0.05, 0.1) is 5.56 Å². The van der Waals surface area contributed by atoms with Gasteiger partial charge in [0.25, 0.3) is 0 Å². The molecule has 1 saturated carbocycles. The topological polar surface area (TPSA) is 12.0 Å². The van der Waals surface area contributed by atoms with E-state index >= 15 is 0 Å². The zero-order valence-corrected chi connectivity index (χ0v) is 12.0. The Morgan fingerprint density at radius 2 is 2.05 bits per heavy atom. The average molecular weight is 285 g/mol. The van der Waals surface area contributed by atoms with Gasteiger partial charge in [0, 0.05) is 6.04 Å². The second kappa shape index (κ2) is 6.17. The molecule has 20 heavy (non-hydrogen) atoms. The molecule has 1 aliphatic rings. The van der Waals surface area contributed by atoms with E-state index in [0.29, 0.717) is 12.3 Å². The second-order valence-corrected chi connectivity index (χ2v) is 5.98. The smallest absolute Gasteiger partial charge is 0.316 e. The number of alkyl halides is 3. The lowest BCUT2D eigenvalue weighted by atomic mass is 9.91. The standard InChI is InChI=1S/C16H22F3N/c1-11-6-7-13(8-11)15(20-2)10-12-4-3-5-14(9-12)16(17,18)19/h3-5,9,11,13,15,20H,6-8,10H2,1-2H3. The highest BCUT2D eigenvalue weighted by Gasteiger charge is 2.31. The van der Waals surface area contributed by atoms with Crippen LogP contribution < -0.4 is 5.32 Å². The van der Waals surface area contributed by atoms with E-state index in [4.69, 9.17) is 0 Å². The van der Waals surface area contributed by atoms with E-state index in [9.17, 15) is 13.2 Å². The third kappa shape index (κ3) is 3.75. The minimum Gasteiger partial charge on any atom is -0.316 e. The van der Waals surface area contributed by atoms with Crippen LogP contribution in [-0.2, 0) is 12.6 Å². The fourth-order valence-electron chi connectivity index (χ4n) is 3.25. The van der Waals surface area contributed by atoms with Crippen molar-refractivity contribution in [3.8, 4) is 0 Å². The fraction of sp³-hybridized carbons (Fsp3) is 0.625. The number of hydrogen-bond donors (Lipinski definition) is 1. The van der Waals surface area contributed by atoms with Crippen LogP contribution in [0.5, 0.6) is 0 Å². The van der Waals surface area contributed by atoms with Crippen molar-refractivity contribution in [1.29, 1.82) is 0 Å². The molecule has 0 heterocycles. The first-order valence-electron chi connectivity index (χ1n) is 7.23. The Morgan fingerprint density at radius 1 is 1.30 bits per heavy atom. The predicted molar refractivity (Wildman–Crippen MR) is 74.5 cm³/mol. The lowest BCUT2D eigenvalue weighted by Gasteiger charge is -2.23. The van der Waals surface area contributed by atoms with Gasteiger partial charge in [-0.1, -0.05) is 31.5 Å². The molecule has 3 atom stereocenters. The Bertz CT molecular complexity index is 442. The third-order valence-corrected chi connectivity index (χ3v) is 4.39. The Morgan fingerprint density at radius 3 is 2.60 bits per heavy atom. The highest BCUT2D eigenvalue weighted by atomic mass is 19.4. The molecular weight excluding hydrogens is 263 g/mol. The van der Waals surface area contributed by atoms with E-state index in [2.05, 4.69) is 12.2 Å². The summed E-state index contributed by atoms with van der Waals surface area (Å²) in [6.45, 7) is 2.25. The third-order valence-electron chi connectivity index (χ3n) is 4.39. The number of halogens is 3. The molecule has 112 valence electrons. The molecule has 2 rings (SSSR count). The first-order chi connectivity index (χ1) is 9.40. The summed E-state index contributed by atoms with van der Waals surface area (Å²) in [7, 11) is 1.90. The number of benzene rings is 1. The molecule has 1 nitrogen and oxygen atoms in total. The first kappa shape index (κ1) is 15.4. The van der Waals surface area contributed by atoms with Crippen LogP contribution in [0.25, 0.3) is 0 Å². The number of likely N-dealkylation sites (N-methyl/N-ethyl adjacent to an activating group) is 1. The maximum atomic E-state index is 12.7. The van der Waals surface area contributed by atoms with Gasteiger partial charge < -0.3 is 5.32 Å². The minimum absolute atomic E-state index is 0.267. The number of nitrogens with one attached hydrogen (secondary N) is 1. The van der Waals surface area contributed by atoms with Crippen LogP contribution in [0.3, 0.4) is 0 Å². The summed E-state index contributed by atoms with van der Waals surface area (Å²) >= 11 is 0. The molecule has 0 amide bonds. The van der Waals surface area contributed by atoms with Crippen molar-refractivity contribution in [1.82, 2.24) is 5.32 Å². The summed E-state index contributed by atoms with van der Waals surface area (Å²) in [6.07, 6.45) is -0.0215. The molecule has 0 radical (unpaired) electrons. The van der Waals surface area contributed by atoms with Crippen molar-refractivity contribution in [2.24, 2.45) is 11.8 Å². The monoisotopic (exact) mass is 285 g/mol. The van der Waals surface area contributed by atoms with Gasteiger partial charge in [-0.2, -0.15) is 13.2 Å². The largest absolute Gasteiger partial charge is 0.416 e. The van der Waals surface area contributed by atoms with Crippen molar-refractivity contribution in [3.63, 3.8) is 0 Å². The Labute approximate surface area is 118 Å². The van der Waals surface area contributed by atoms with Crippen LogP contribution in [0.15, 0.2) is 24.3 Å². The zero-order valence-electron chi connectivity index (χ0n) is 12.0. The number of rotatable bonds is 4. The average Bonchev–Trinajstić information content (AvgIpc) is 2.82. The van der Waals surface area contributed by atoms with Gasteiger partial charge in [-0.15, -0.1) is 0 Å². The van der Waals surface area contributed by atoms with E-state index in [1.54, 1.807) is 6.07 Å². The van der Waals surface area contributed by atoms with Crippen LogP contribution >= 0.6 is 0 Å². The zero-order chi connectivity index (χ0) is 14.8. The number of hydrogen-bond acceptors (Lipinski definition) is 1. The second-order valence-electron chi connectivity index (χ2n) is 5.98. The molecule has 1 N–H and O–H groups in total. The summed E-state index contributed by atoms with van der Waals surface area (Å²) in [5, 5.41) is 3.29. The molecule has 4 heteroatoms. The Kier molecular flexibility index (Phi) is 4.74. The molecule has 0 saturated heterocycles. The SMILES string of the molecule is CNC(Cc1cccc(C(F)(F)F)c1)C1CCC(C)C1. The van der Waals surface area contributed by atoms with E-state index in [0.717, 1.165) is 17.5 Å². The van der Waals surface area contributed by atoms with Gasteiger partial charge in [0.15, 0.2) is 0 Å². The van der Waals surface area contributed by atoms with Crippen molar-refractivity contribution in [2.75, 3.05) is 7.05 Å². The summed E-state index contributed by atoms with van der Waals surface area (Å²) in [5.74, 6) is 1.31. The van der Waals surface area contributed by atoms with E-state index in [1.165, 1.54) is 31.4 Å². The van der Waals surface area contributed by atoms with Crippen LogP contribution in [0.4, 0.5) is 13.2 Å². The van der Waals surface area contributed by atoms with Crippen molar-refractivity contribution in [2.45, 2.75) is 44.8 Å². The quantitative estimate of drug-likeness (QED) is 0.871. The van der Waals surface area contributed by atoms with Gasteiger partial charge in [-0.05, 0) is 49.8 Å². The molecule has 0 aromatic heterocycles. The predicted octanol–water partition coefficient (Wildman–Crippen LogP) is 4.27. The maximum Gasteiger partial charge on any atom is 0.416 e. The van der Waals surface area contributed by atoms with E-state index < -0.39 is 11.7 Å². The summed E-state index contributed by atoms with van der Waals surface area (Å²) < 4.78 is 38.2. The van der Waals surface area contributed by atoms with Crippen molar-refractivity contribution >= 4 is 0 Å². The van der Waals surface area contributed by atoms with Crippen LogP contribution in [0, 0.1) is 11.8 Å². The highest BCUT2D eigenvalue weighted by Crippen LogP contribution is 2.34. The lowest BCUT2D eigenvalue weighted by Crippen LogP contribution is -2.34. The molecular formula is C16H22F3N. The molecule has 3 unspecified atom stereocenters. The lowest BCUT2D eigenvalue weighted by molar-refractivity contribution is -0.137. The molecule has 0 spiro atoms. The fourth-order valence-corrected chi connectivity index (χ4v) is 3.25. The van der Waals surface area contributed by atoms with Gasteiger partial charge >= 0.3 is 6.18 Å². The van der Waals surface area contributed by atoms with E-state index in [-0.39, 0.29) is 6.04 Å². The van der Waals surface area contributed by atoms with Gasteiger partial charge in [-0.3, -0.25) is 0 Å². The highest BCUT2D eigenvalue weighted by molar-refractivity contribution is 5.26. The summed E-state index contributed by atoms with van der Waals surface area (Å²) in [5.41, 5.74) is 0.211. The van der Waals surface area contributed by atoms with Crippen LogP contribution in [0.1, 0.15) is 37.3 Å².